The van der Waals surface area contributed by atoms with Crippen molar-refractivity contribution in [2.75, 3.05) is 13.1 Å². The van der Waals surface area contributed by atoms with Crippen molar-refractivity contribution in [1.29, 1.82) is 0 Å². The van der Waals surface area contributed by atoms with Gasteiger partial charge in [-0.1, -0.05) is 97.1 Å². The van der Waals surface area contributed by atoms with Crippen LogP contribution in [0.15, 0.2) is 97.1 Å². The van der Waals surface area contributed by atoms with Gasteiger partial charge in [-0.25, -0.2) is 0 Å². The second-order valence-electron chi connectivity index (χ2n) is 8.98. The van der Waals surface area contributed by atoms with Gasteiger partial charge in [0.2, 0.25) is 5.91 Å². The number of fused-ring (bicyclic) bond motifs is 2. The molecule has 1 heterocycles. The Hall–Kier alpha value is -3.43. The molecule has 1 amide bonds. The summed E-state index contributed by atoms with van der Waals surface area (Å²) in [7, 11) is 0. The standard InChI is InChI=1S/C30H30N2O/c1-22(26-17-9-14-24-12-5-7-15-27(24)26)31-30(33)21-32-19-18-25-13-6-8-16-28(25)29(32)20-23-10-3-2-4-11-23/h2-17,22,29H,18-21H2,1H3,(H,31,33). The average molecular weight is 435 g/mol. The third-order valence-corrected chi connectivity index (χ3v) is 6.81. The number of nitrogens with zero attached hydrogens (tertiary/aromatic N) is 1. The van der Waals surface area contributed by atoms with E-state index in [2.05, 4.69) is 114 Å². The Morgan fingerprint density at radius 2 is 1.64 bits per heavy atom. The van der Waals surface area contributed by atoms with Crippen LogP contribution in [0.4, 0.5) is 0 Å². The molecule has 166 valence electrons. The highest BCUT2D eigenvalue weighted by molar-refractivity contribution is 5.87. The Kier molecular flexibility index (Phi) is 6.23. The summed E-state index contributed by atoms with van der Waals surface area (Å²) in [6.45, 7) is 3.37. The number of nitrogens with one attached hydrogen (secondary N) is 1. The van der Waals surface area contributed by atoms with E-state index < -0.39 is 0 Å². The lowest BCUT2D eigenvalue weighted by atomic mass is 9.88. The lowest BCUT2D eigenvalue weighted by Gasteiger charge is -2.37. The van der Waals surface area contributed by atoms with Crippen LogP contribution >= 0.6 is 0 Å². The molecule has 0 aromatic heterocycles. The van der Waals surface area contributed by atoms with Crippen LogP contribution in [0, 0.1) is 0 Å². The van der Waals surface area contributed by atoms with Crippen LogP contribution in [0.3, 0.4) is 0 Å². The molecule has 1 aliphatic rings. The molecule has 1 N–H and O–H groups in total. The van der Waals surface area contributed by atoms with Crippen molar-refractivity contribution < 1.29 is 4.79 Å². The largest absolute Gasteiger partial charge is 0.348 e. The van der Waals surface area contributed by atoms with Crippen molar-refractivity contribution in [3.05, 3.63) is 119 Å². The highest BCUT2D eigenvalue weighted by atomic mass is 16.2. The van der Waals surface area contributed by atoms with Crippen LogP contribution in [0.5, 0.6) is 0 Å². The van der Waals surface area contributed by atoms with E-state index in [0.717, 1.165) is 24.9 Å². The molecule has 0 fully saturated rings. The fourth-order valence-corrected chi connectivity index (χ4v) is 5.15. The predicted octanol–water partition coefficient (Wildman–Crippen LogP) is 5.86. The zero-order valence-corrected chi connectivity index (χ0v) is 19.1. The van der Waals surface area contributed by atoms with Gasteiger partial charge < -0.3 is 5.32 Å². The van der Waals surface area contributed by atoms with Gasteiger partial charge in [-0.3, -0.25) is 9.69 Å². The van der Waals surface area contributed by atoms with Crippen LogP contribution in [0.2, 0.25) is 0 Å². The van der Waals surface area contributed by atoms with Crippen molar-refractivity contribution in [2.45, 2.75) is 31.8 Å². The van der Waals surface area contributed by atoms with Crippen molar-refractivity contribution >= 4 is 16.7 Å². The third kappa shape index (κ3) is 4.69. The van der Waals surface area contributed by atoms with E-state index in [-0.39, 0.29) is 18.0 Å². The SMILES string of the molecule is CC(NC(=O)CN1CCc2ccccc2C1Cc1ccccc1)c1cccc2ccccc12. The van der Waals surface area contributed by atoms with E-state index >= 15 is 0 Å². The summed E-state index contributed by atoms with van der Waals surface area (Å²) in [4.78, 5) is 15.5. The molecule has 1 aliphatic heterocycles. The lowest BCUT2D eigenvalue weighted by molar-refractivity contribution is -0.123. The van der Waals surface area contributed by atoms with E-state index in [1.165, 1.54) is 27.5 Å². The Bertz CT molecular complexity index is 1250. The summed E-state index contributed by atoms with van der Waals surface area (Å²) >= 11 is 0. The summed E-state index contributed by atoms with van der Waals surface area (Å²) in [5.74, 6) is 0.0767. The molecule has 0 spiro atoms. The number of hydrogen-bond donors (Lipinski definition) is 1. The number of hydrogen-bond acceptors (Lipinski definition) is 2. The van der Waals surface area contributed by atoms with Crippen molar-refractivity contribution in [3.8, 4) is 0 Å². The van der Waals surface area contributed by atoms with Gasteiger partial charge in [0, 0.05) is 12.6 Å². The van der Waals surface area contributed by atoms with Crippen molar-refractivity contribution in [3.63, 3.8) is 0 Å². The molecule has 4 aromatic rings. The summed E-state index contributed by atoms with van der Waals surface area (Å²) in [6.07, 6.45) is 1.89. The van der Waals surface area contributed by atoms with E-state index in [9.17, 15) is 4.79 Å². The van der Waals surface area contributed by atoms with Gasteiger partial charge in [0.05, 0.1) is 12.6 Å². The Labute approximate surface area is 196 Å². The Morgan fingerprint density at radius 1 is 0.909 bits per heavy atom. The molecule has 2 atom stereocenters. The first-order valence-electron chi connectivity index (χ1n) is 11.8. The second kappa shape index (κ2) is 9.60. The molecular formula is C30H30N2O. The minimum Gasteiger partial charge on any atom is -0.348 e. The number of rotatable bonds is 6. The summed E-state index contributed by atoms with van der Waals surface area (Å²) in [5.41, 5.74) is 5.21. The normalized spacial score (nSPS) is 16.8. The molecule has 3 heteroatoms. The van der Waals surface area contributed by atoms with Gasteiger partial charge >= 0.3 is 0 Å². The van der Waals surface area contributed by atoms with Crippen molar-refractivity contribution in [2.24, 2.45) is 0 Å². The smallest absolute Gasteiger partial charge is 0.234 e. The van der Waals surface area contributed by atoms with Crippen molar-refractivity contribution in [1.82, 2.24) is 10.2 Å². The predicted molar refractivity (Wildman–Crippen MR) is 135 cm³/mol. The highest BCUT2D eigenvalue weighted by Crippen LogP contribution is 2.32. The minimum absolute atomic E-state index is 0.0479. The fraction of sp³-hybridized carbons (Fsp3) is 0.233. The first-order chi connectivity index (χ1) is 16.2. The van der Waals surface area contributed by atoms with Crippen LogP contribution in [-0.4, -0.2) is 23.9 Å². The number of amides is 1. The van der Waals surface area contributed by atoms with E-state index in [4.69, 9.17) is 0 Å². The first kappa shape index (κ1) is 21.4. The second-order valence-corrected chi connectivity index (χ2v) is 8.98. The van der Waals surface area contributed by atoms with Gasteiger partial charge in [-0.2, -0.15) is 0 Å². The number of carbonyl (C=O) groups excluding carboxylic acids is 1. The van der Waals surface area contributed by atoms with Gasteiger partial charge in [0.25, 0.3) is 0 Å². The number of carbonyl (C=O) groups is 1. The van der Waals surface area contributed by atoms with Crippen LogP contribution < -0.4 is 5.32 Å². The van der Waals surface area contributed by atoms with Gasteiger partial charge in [-0.05, 0) is 52.8 Å². The van der Waals surface area contributed by atoms with Gasteiger partial charge in [-0.15, -0.1) is 0 Å². The minimum atomic E-state index is -0.0479. The third-order valence-electron chi connectivity index (χ3n) is 6.81. The van der Waals surface area contributed by atoms with Crippen LogP contribution in [0.25, 0.3) is 10.8 Å². The Balaban J connectivity index is 1.34. The first-order valence-corrected chi connectivity index (χ1v) is 11.8. The number of benzene rings is 4. The molecule has 0 saturated carbocycles. The highest BCUT2D eigenvalue weighted by Gasteiger charge is 2.29. The fourth-order valence-electron chi connectivity index (χ4n) is 5.15. The summed E-state index contributed by atoms with van der Waals surface area (Å²) in [6, 6.07) is 34.1. The van der Waals surface area contributed by atoms with E-state index in [1.54, 1.807) is 0 Å². The Morgan fingerprint density at radius 3 is 2.52 bits per heavy atom. The molecule has 5 rings (SSSR count). The summed E-state index contributed by atoms with van der Waals surface area (Å²) in [5, 5.41) is 5.66. The molecule has 2 unspecified atom stereocenters. The zero-order valence-electron chi connectivity index (χ0n) is 19.1. The summed E-state index contributed by atoms with van der Waals surface area (Å²) < 4.78 is 0. The van der Waals surface area contributed by atoms with E-state index in [0.29, 0.717) is 6.54 Å². The molecule has 0 bridgehead atoms. The molecule has 33 heavy (non-hydrogen) atoms. The average Bonchev–Trinajstić information content (AvgIpc) is 2.85. The maximum Gasteiger partial charge on any atom is 0.234 e. The quantitative estimate of drug-likeness (QED) is 0.412. The monoisotopic (exact) mass is 434 g/mol. The topological polar surface area (TPSA) is 32.3 Å². The zero-order chi connectivity index (χ0) is 22.6. The lowest BCUT2D eigenvalue weighted by Crippen LogP contribution is -2.43. The van der Waals surface area contributed by atoms with Crippen LogP contribution in [0.1, 0.15) is 41.3 Å². The molecule has 0 saturated heterocycles. The maximum absolute atomic E-state index is 13.2. The maximum atomic E-state index is 13.2. The van der Waals surface area contributed by atoms with Gasteiger partial charge in [0.15, 0.2) is 0 Å². The van der Waals surface area contributed by atoms with Crippen LogP contribution in [-0.2, 0) is 17.6 Å². The molecule has 4 aromatic carbocycles. The molecular weight excluding hydrogens is 404 g/mol. The molecule has 0 aliphatic carbocycles. The van der Waals surface area contributed by atoms with E-state index in [1.807, 2.05) is 0 Å². The van der Waals surface area contributed by atoms with Gasteiger partial charge in [0.1, 0.15) is 0 Å². The molecule has 0 radical (unpaired) electrons. The molecule has 3 nitrogen and oxygen atoms in total.